The van der Waals surface area contributed by atoms with E-state index in [0.29, 0.717) is 5.56 Å². The Morgan fingerprint density at radius 1 is 1.12 bits per heavy atom. The summed E-state index contributed by atoms with van der Waals surface area (Å²) in [5.74, 6) is -0.555. The van der Waals surface area contributed by atoms with Crippen LogP contribution < -0.4 is 14.6 Å². The molecule has 0 amide bonds. The Hall–Kier alpha value is -2.91. The number of methoxy groups -OCH3 is 2. The maximum atomic E-state index is 14.1. The number of halogens is 1. The molecule has 0 aliphatic rings. The molecule has 7 nitrogen and oxygen atoms in total. The molecule has 0 atom stereocenters. The number of benzene rings is 2. The topological polar surface area (TPSA) is 105 Å². The molecular formula is C17H15FN2O5S. The zero-order valence-electron chi connectivity index (χ0n) is 13.9. The van der Waals surface area contributed by atoms with Crippen molar-refractivity contribution in [2.75, 3.05) is 14.2 Å². The second kappa shape index (κ2) is 6.77. The Bertz CT molecular complexity index is 1060. The largest absolute Gasteiger partial charge is 0.494 e. The van der Waals surface area contributed by atoms with E-state index < -0.39 is 15.8 Å². The molecule has 136 valence electrons. The lowest BCUT2D eigenvalue weighted by molar-refractivity contribution is 0.262. The Kier molecular flexibility index (Phi) is 4.66. The van der Waals surface area contributed by atoms with Gasteiger partial charge in [0.2, 0.25) is 10.0 Å². The lowest BCUT2D eigenvalue weighted by Crippen LogP contribution is -2.13. The molecule has 9 heteroatoms. The molecule has 2 aromatic carbocycles. The maximum absolute atomic E-state index is 14.1. The van der Waals surface area contributed by atoms with E-state index in [4.69, 9.17) is 19.1 Å². The Balaban J connectivity index is 2.28. The van der Waals surface area contributed by atoms with E-state index in [1.54, 1.807) is 12.1 Å². The predicted octanol–water partition coefficient (Wildman–Crippen LogP) is 2.81. The summed E-state index contributed by atoms with van der Waals surface area (Å²) in [5, 5.41) is 9.22. The summed E-state index contributed by atoms with van der Waals surface area (Å²) in [4.78, 5) is -0.128. The minimum atomic E-state index is -4.02. The van der Waals surface area contributed by atoms with Gasteiger partial charge < -0.3 is 14.0 Å². The van der Waals surface area contributed by atoms with E-state index in [1.807, 2.05) is 0 Å². The van der Waals surface area contributed by atoms with Crippen LogP contribution in [0.3, 0.4) is 0 Å². The van der Waals surface area contributed by atoms with E-state index in [9.17, 15) is 12.8 Å². The summed E-state index contributed by atoms with van der Waals surface area (Å²) < 4.78 is 53.2. The first-order chi connectivity index (χ1) is 12.4. The molecule has 0 aliphatic heterocycles. The molecule has 0 saturated carbocycles. The average Bonchev–Trinajstić information content (AvgIpc) is 3.04. The molecule has 26 heavy (non-hydrogen) atoms. The smallest absolute Gasteiger partial charge is 0.319 e. The maximum Gasteiger partial charge on any atom is 0.319 e. The molecule has 0 aliphatic carbocycles. The Morgan fingerprint density at radius 3 is 2.46 bits per heavy atom. The van der Waals surface area contributed by atoms with Crippen molar-refractivity contribution in [3.8, 4) is 34.1 Å². The van der Waals surface area contributed by atoms with Gasteiger partial charge in [-0.2, -0.15) is 0 Å². The molecule has 2 N–H and O–H groups in total. The highest BCUT2D eigenvalue weighted by Crippen LogP contribution is 2.42. The number of sulfonamides is 1. The Labute approximate surface area is 149 Å². The van der Waals surface area contributed by atoms with Crippen LogP contribution in [0.1, 0.15) is 0 Å². The van der Waals surface area contributed by atoms with E-state index in [-0.39, 0.29) is 33.4 Å². The van der Waals surface area contributed by atoms with Gasteiger partial charge in [0.05, 0.1) is 24.7 Å². The first-order valence-electron chi connectivity index (χ1n) is 7.36. The first kappa shape index (κ1) is 17.9. The lowest BCUT2D eigenvalue weighted by atomic mass is 10.0. The summed E-state index contributed by atoms with van der Waals surface area (Å²) in [7, 11) is -1.32. The van der Waals surface area contributed by atoms with Gasteiger partial charge in [-0.15, -0.1) is 0 Å². The van der Waals surface area contributed by atoms with Crippen LogP contribution in [-0.2, 0) is 10.0 Å². The standard InChI is InChI=1S/C17H15FN2O5S/c1-23-13-8-7-10(9-12(13)18)16-15(17(24-2)25-20-16)11-5-3-4-6-14(11)26(19,21)22/h3-9H,1-2H3,(H2,19,21,22). The van der Waals surface area contributed by atoms with E-state index in [0.717, 1.165) is 0 Å². The second-order valence-corrected chi connectivity index (χ2v) is 6.82. The highest BCUT2D eigenvalue weighted by molar-refractivity contribution is 7.89. The van der Waals surface area contributed by atoms with Crippen LogP contribution in [0.25, 0.3) is 22.4 Å². The molecule has 0 radical (unpaired) electrons. The highest BCUT2D eigenvalue weighted by atomic mass is 32.2. The zero-order chi connectivity index (χ0) is 18.9. The van der Waals surface area contributed by atoms with Gasteiger partial charge in [-0.3, -0.25) is 0 Å². The number of hydrogen-bond acceptors (Lipinski definition) is 6. The normalized spacial score (nSPS) is 11.4. The van der Waals surface area contributed by atoms with Crippen molar-refractivity contribution in [1.29, 1.82) is 0 Å². The molecule has 3 rings (SSSR count). The van der Waals surface area contributed by atoms with Gasteiger partial charge in [-0.1, -0.05) is 23.4 Å². The van der Waals surface area contributed by atoms with E-state index in [1.165, 1.54) is 44.6 Å². The van der Waals surface area contributed by atoms with Gasteiger partial charge >= 0.3 is 5.95 Å². The third-order valence-electron chi connectivity index (χ3n) is 3.73. The summed E-state index contributed by atoms with van der Waals surface area (Å²) >= 11 is 0. The van der Waals surface area contributed by atoms with Crippen molar-refractivity contribution in [3.05, 3.63) is 48.3 Å². The van der Waals surface area contributed by atoms with Crippen LogP contribution in [0.4, 0.5) is 4.39 Å². The van der Waals surface area contributed by atoms with Crippen LogP contribution in [0.5, 0.6) is 11.7 Å². The van der Waals surface area contributed by atoms with E-state index >= 15 is 0 Å². The summed E-state index contributed by atoms with van der Waals surface area (Å²) in [5.41, 5.74) is 1.05. The first-order valence-corrected chi connectivity index (χ1v) is 8.91. The fraction of sp³-hybridized carbons (Fsp3) is 0.118. The molecule has 1 heterocycles. The minimum Gasteiger partial charge on any atom is -0.494 e. The van der Waals surface area contributed by atoms with Gasteiger partial charge in [0.25, 0.3) is 0 Å². The van der Waals surface area contributed by atoms with Crippen molar-refractivity contribution in [2.24, 2.45) is 5.14 Å². The van der Waals surface area contributed by atoms with Gasteiger partial charge in [0.15, 0.2) is 11.6 Å². The predicted molar refractivity (Wildman–Crippen MR) is 91.8 cm³/mol. The molecule has 0 fully saturated rings. The quantitative estimate of drug-likeness (QED) is 0.732. The third-order valence-corrected chi connectivity index (χ3v) is 4.70. The fourth-order valence-corrected chi connectivity index (χ4v) is 3.33. The van der Waals surface area contributed by atoms with Gasteiger partial charge in [0.1, 0.15) is 5.69 Å². The summed E-state index contributed by atoms with van der Waals surface area (Å²) in [6.45, 7) is 0. The van der Waals surface area contributed by atoms with Crippen molar-refractivity contribution in [2.45, 2.75) is 4.90 Å². The van der Waals surface area contributed by atoms with E-state index in [2.05, 4.69) is 5.16 Å². The highest BCUT2D eigenvalue weighted by Gasteiger charge is 2.26. The van der Waals surface area contributed by atoms with Gasteiger partial charge in [0, 0.05) is 11.1 Å². The molecular weight excluding hydrogens is 363 g/mol. The van der Waals surface area contributed by atoms with Crippen LogP contribution in [0.15, 0.2) is 51.9 Å². The fourth-order valence-electron chi connectivity index (χ4n) is 2.58. The zero-order valence-corrected chi connectivity index (χ0v) is 14.7. The van der Waals surface area contributed by atoms with Gasteiger partial charge in [-0.25, -0.2) is 17.9 Å². The Morgan fingerprint density at radius 2 is 1.85 bits per heavy atom. The number of hydrogen-bond donors (Lipinski definition) is 1. The number of aromatic nitrogens is 1. The third kappa shape index (κ3) is 3.14. The minimum absolute atomic E-state index is 0.0210. The molecule has 0 saturated heterocycles. The monoisotopic (exact) mass is 378 g/mol. The summed E-state index contributed by atoms with van der Waals surface area (Å²) in [6.07, 6.45) is 0. The van der Waals surface area contributed by atoms with Crippen LogP contribution in [-0.4, -0.2) is 27.8 Å². The average molecular weight is 378 g/mol. The van der Waals surface area contributed by atoms with Crippen LogP contribution in [0, 0.1) is 5.82 Å². The van der Waals surface area contributed by atoms with Crippen LogP contribution in [0.2, 0.25) is 0 Å². The summed E-state index contributed by atoms with van der Waals surface area (Å²) in [6, 6.07) is 10.3. The lowest BCUT2D eigenvalue weighted by Gasteiger charge is -2.09. The number of nitrogens with zero attached hydrogens (tertiary/aromatic N) is 1. The number of rotatable bonds is 5. The number of primary sulfonamides is 1. The van der Waals surface area contributed by atoms with Crippen molar-refractivity contribution in [3.63, 3.8) is 0 Å². The van der Waals surface area contributed by atoms with Crippen molar-refractivity contribution in [1.82, 2.24) is 5.16 Å². The molecule has 1 aromatic heterocycles. The molecule has 0 unspecified atom stereocenters. The van der Waals surface area contributed by atoms with Crippen molar-refractivity contribution < 1.29 is 26.8 Å². The second-order valence-electron chi connectivity index (χ2n) is 5.29. The molecule has 3 aromatic rings. The molecule has 0 bridgehead atoms. The number of ether oxygens (including phenoxy) is 2. The number of nitrogens with two attached hydrogens (primary N) is 1. The van der Waals surface area contributed by atoms with Crippen LogP contribution >= 0.6 is 0 Å². The van der Waals surface area contributed by atoms with Crippen molar-refractivity contribution >= 4 is 10.0 Å². The molecule has 0 spiro atoms. The SMILES string of the molecule is COc1ccc(-c2noc(OC)c2-c2ccccc2S(N)(=O)=O)cc1F. The van der Waals surface area contributed by atoms with Gasteiger partial charge in [-0.05, 0) is 24.3 Å².